The molecule has 0 bridgehead atoms. The van der Waals surface area contributed by atoms with Crippen LogP contribution in [0.25, 0.3) is 0 Å². The van der Waals surface area contributed by atoms with Crippen molar-refractivity contribution in [3.63, 3.8) is 0 Å². The monoisotopic (exact) mass is 281 g/mol. The second kappa shape index (κ2) is 4.58. The Hall–Kier alpha value is -2.02. The van der Waals surface area contributed by atoms with E-state index in [9.17, 15) is 8.42 Å². The van der Waals surface area contributed by atoms with Crippen LogP contribution in [-0.2, 0) is 10.0 Å². The van der Waals surface area contributed by atoms with Gasteiger partial charge in [-0.15, -0.1) is 0 Å². The number of nitrogens with one attached hydrogen (secondary N) is 1. The van der Waals surface area contributed by atoms with Crippen LogP contribution in [0.1, 0.15) is 16.8 Å². The molecule has 0 aliphatic carbocycles. The molecule has 1 heterocycles. The van der Waals surface area contributed by atoms with Crippen molar-refractivity contribution in [2.45, 2.75) is 25.7 Å². The molecule has 2 aromatic rings. The van der Waals surface area contributed by atoms with E-state index in [4.69, 9.17) is 10.3 Å². The Morgan fingerprint density at radius 3 is 2.53 bits per heavy atom. The number of sulfonamides is 1. The van der Waals surface area contributed by atoms with Crippen LogP contribution < -0.4 is 10.5 Å². The summed E-state index contributed by atoms with van der Waals surface area (Å²) in [5.74, 6) is 0.0822. The van der Waals surface area contributed by atoms with E-state index in [1.807, 2.05) is 0 Å². The van der Waals surface area contributed by atoms with E-state index in [-0.39, 0.29) is 10.8 Å². The number of hydrogen-bond acceptors (Lipinski definition) is 5. The van der Waals surface area contributed by atoms with Crippen molar-refractivity contribution in [3.8, 4) is 0 Å². The minimum Gasteiger partial charge on any atom is -0.398 e. The summed E-state index contributed by atoms with van der Waals surface area (Å²) in [6.07, 6.45) is 0. The lowest BCUT2D eigenvalue weighted by atomic mass is 10.1. The average molecular weight is 281 g/mol. The molecule has 7 heteroatoms. The zero-order valence-corrected chi connectivity index (χ0v) is 11.7. The van der Waals surface area contributed by atoms with Crippen LogP contribution in [0.3, 0.4) is 0 Å². The molecule has 0 saturated carbocycles. The molecular formula is C12H15N3O3S. The Bertz CT molecular complexity index is 720. The van der Waals surface area contributed by atoms with Crippen molar-refractivity contribution in [1.29, 1.82) is 0 Å². The number of nitrogens with zero attached hydrogens (tertiary/aromatic N) is 1. The van der Waals surface area contributed by atoms with Gasteiger partial charge in [-0.2, -0.15) is 0 Å². The van der Waals surface area contributed by atoms with Crippen LogP contribution in [0.4, 0.5) is 11.6 Å². The molecule has 2 rings (SSSR count). The van der Waals surface area contributed by atoms with Gasteiger partial charge in [0.1, 0.15) is 0 Å². The Morgan fingerprint density at radius 1 is 1.26 bits per heavy atom. The van der Waals surface area contributed by atoms with Crippen LogP contribution >= 0.6 is 0 Å². The SMILES string of the molecule is Cc1cc(NS(=O)(=O)c2c(C)ccc(N)c2C)on1. The van der Waals surface area contributed by atoms with E-state index in [0.29, 0.717) is 22.5 Å². The van der Waals surface area contributed by atoms with Crippen molar-refractivity contribution in [1.82, 2.24) is 5.16 Å². The third-order valence-electron chi connectivity index (χ3n) is 2.78. The molecule has 0 aliphatic rings. The first-order valence-electron chi connectivity index (χ1n) is 5.63. The van der Waals surface area contributed by atoms with Crippen LogP contribution in [0.15, 0.2) is 27.6 Å². The van der Waals surface area contributed by atoms with E-state index in [2.05, 4.69) is 9.88 Å². The lowest BCUT2D eigenvalue weighted by Gasteiger charge is -2.12. The molecule has 0 spiro atoms. The molecule has 1 aromatic heterocycles. The second-order valence-electron chi connectivity index (χ2n) is 4.36. The van der Waals surface area contributed by atoms with E-state index in [1.54, 1.807) is 32.9 Å². The summed E-state index contributed by atoms with van der Waals surface area (Å²) in [5.41, 5.74) is 7.92. The van der Waals surface area contributed by atoms with Crippen molar-refractivity contribution in [2.24, 2.45) is 0 Å². The number of hydrogen-bond donors (Lipinski definition) is 2. The van der Waals surface area contributed by atoms with E-state index in [1.165, 1.54) is 6.07 Å². The van der Waals surface area contributed by atoms with Gasteiger partial charge < -0.3 is 10.3 Å². The van der Waals surface area contributed by atoms with Gasteiger partial charge in [-0.1, -0.05) is 11.2 Å². The van der Waals surface area contributed by atoms with Gasteiger partial charge in [-0.25, -0.2) is 13.1 Å². The van der Waals surface area contributed by atoms with Crippen molar-refractivity contribution < 1.29 is 12.9 Å². The molecular weight excluding hydrogens is 266 g/mol. The molecule has 0 atom stereocenters. The quantitative estimate of drug-likeness (QED) is 0.838. The lowest BCUT2D eigenvalue weighted by Crippen LogP contribution is -2.16. The van der Waals surface area contributed by atoms with Crippen molar-refractivity contribution in [3.05, 3.63) is 35.0 Å². The first kappa shape index (κ1) is 13.4. The first-order chi connectivity index (χ1) is 8.81. The molecule has 19 heavy (non-hydrogen) atoms. The number of nitrogen functional groups attached to an aromatic ring is 1. The van der Waals surface area contributed by atoms with Gasteiger partial charge in [0, 0.05) is 11.8 Å². The van der Waals surface area contributed by atoms with Gasteiger partial charge in [0.2, 0.25) is 5.88 Å². The van der Waals surface area contributed by atoms with Gasteiger partial charge in [0.15, 0.2) is 0 Å². The third-order valence-corrected chi connectivity index (χ3v) is 4.41. The Labute approximate surface area is 111 Å². The summed E-state index contributed by atoms with van der Waals surface area (Å²) in [5, 5.41) is 3.63. The summed E-state index contributed by atoms with van der Waals surface area (Å²) in [7, 11) is -3.75. The highest BCUT2D eigenvalue weighted by atomic mass is 32.2. The van der Waals surface area contributed by atoms with E-state index >= 15 is 0 Å². The maximum Gasteiger partial charge on any atom is 0.264 e. The molecule has 0 unspecified atom stereocenters. The molecule has 3 N–H and O–H groups in total. The molecule has 0 aliphatic heterocycles. The van der Waals surface area contributed by atoms with E-state index in [0.717, 1.165) is 0 Å². The molecule has 0 radical (unpaired) electrons. The topological polar surface area (TPSA) is 98.2 Å². The Balaban J connectivity index is 2.48. The van der Waals surface area contributed by atoms with Crippen LogP contribution in [0.2, 0.25) is 0 Å². The van der Waals surface area contributed by atoms with E-state index < -0.39 is 10.0 Å². The molecule has 0 saturated heterocycles. The zero-order chi connectivity index (χ0) is 14.2. The van der Waals surface area contributed by atoms with Crippen molar-refractivity contribution >= 4 is 21.6 Å². The van der Waals surface area contributed by atoms with Gasteiger partial charge >= 0.3 is 0 Å². The predicted molar refractivity (Wildman–Crippen MR) is 72.4 cm³/mol. The van der Waals surface area contributed by atoms with Crippen LogP contribution in [-0.4, -0.2) is 13.6 Å². The fourth-order valence-electron chi connectivity index (χ4n) is 1.85. The maximum atomic E-state index is 12.4. The largest absolute Gasteiger partial charge is 0.398 e. The van der Waals surface area contributed by atoms with Gasteiger partial charge in [0.05, 0.1) is 10.6 Å². The fraction of sp³-hybridized carbons (Fsp3) is 0.250. The fourth-order valence-corrected chi connectivity index (χ4v) is 3.33. The summed E-state index contributed by atoms with van der Waals surface area (Å²) >= 11 is 0. The second-order valence-corrected chi connectivity index (χ2v) is 5.98. The van der Waals surface area contributed by atoms with Gasteiger partial charge in [0.25, 0.3) is 10.0 Å². The highest BCUT2D eigenvalue weighted by Gasteiger charge is 2.22. The minimum absolute atomic E-state index is 0.0822. The Kier molecular flexibility index (Phi) is 3.23. The number of benzene rings is 1. The summed E-state index contributed by atoms with van der Waals surface area (Å²) < 4.78 is 31.9. The standard InChI is InChI=1S/C12H15N3O3S/c1-7-4-5-10(13)9(3)12(7)19(16,17)15-11-6-8(2)14-18-11/h4-6,15H,13H2,1-3H3. The molecule has 0 fully saturated rings. The molecule has 1 aromatic carbocycles. The maximum absolute atomic E-state index is 12.4. The number of nitrogens with two attached hydrogens (primary N) is 1. The minimum atomic E-state index is -3.75. The molecule has 102 valence electrons. The number of rotatable bonds is 3. The summed E-state index contributed by atoms with van der Waals surface area (Å²) in [6, 6.07) is 4.86. The lowest BCUT2D eigenvalue weighted by molar-refractivity contribution is 0.430. The Morgan fingerprint density at radius 2 is 1.95 bits per heavy atom. The summed E-state index contributed by atoms with van der Waals surface area (Å²) in [6.45, 7) is 5.09. The highest BCUT2D eigenvalue weighted by Crippen LogP contribution is 2.26. The smallest absolute Gasteiger partial charge is 0.264 e. The van der Waals surface area contributed by atoms with Gasteiger partial charge in [-0.3, -0.25) is 0 Å². The summed E-state index contributed by atoms with van der Waals surface area (Å²) in [4.78, 5) is 0.168. The number of aromatic nitrogens is 1. The third kappa shape index (κ3) is 2.55. The molecule has 0 amide bonds. The first-order valence-corrected chi connectivity index (χ1v) is 7.11. The van der Waals surface area contributed by atoms with Crippen molar-refractivity contribution in [2.75, 3.05) is 10.5 Å². The number of aryl methyl sites for hydroxylation is 2. The highest BCUT2D eigenvalue weighted by molar-refractivity contribution is 7.92. The normalized spacial score (nSPS) is 11.5. The van der Waals surface area contributed by atoms with Crippen LogP contribution in [0.5, 0.6) is 0 Å². The van der Waals surface area contributed by atoms with Crippen LogP contribution in [0, 0.1) is 20.8 Å². The molecule has 6 nitrogen and oxygen atoms in total. The predicted octanol–water partition coefficient (Wildman–Crippen LogP) is 1.98. The van der Waals surface area contributed by atoms with Gasteiger partial charge in [-0.05, 0) is 38.0 Å². The zero-order valence-electron chi connectivity index (χ0n) is 10.9. The number of anilines is 2. The average Bonchev–Trinajstić information content (AvgIpc) is 2.68.